The summed E-state index contributed by atoms with van der Waals surface area (Å²) in [7, 11) is 0. The number of amides is 2. The molecule has 2 amide bonds. The molecule has 0 atom stereocenters. The molecule has 0 saturated carbocycles. The van der Waals surface area contributed by atoms with Crippen LogP contribution in [0.3, 0.4) is 0 Å². The molecule has 0 bridgehead atoms. The van der Waals surface area contributed by atoms with Gasteiger partial charge in [-0.25, -0.2) is 0 Å². The van der Waals surface area contributed by atoms with Gasteiger partial charge in [0.15, 0.2) is 5.60 Å². The van der Waals surface area contributed by atoms with Crippen LogP contribution in [0.4, 0.5) is 5.69 Å². The summed E-state index contributed by atoms with van der Waals surface area (Å²) < 4.78 is 5.95. The Morgan fingerprint density at radius 1 is 1.14 bits per heavy atom. The summed E-state index contributed by atoms with van der Waals surface area (Å²) in [4.78, 5) is 27.4. The van der Waals surface area contributed by atoms with E-state index in [1.54, 1.807) is 36.9 Å². The lowest BCUT2D eigenvalue weighted by atomic mass is 9.99. The molecule has 1 N–H and O–H groups in total. The zero-order valence-electron chi connectivity index (χ0n) is 17.4. The zero-order valence-corrected chi connectivity index (χ0v) is 17.4. The molecule has 0 aromatic heterocycles. The van der Waals surface area contributed by atoms with Crippen LogP contribution in [0.1, 0.15) is 54.7 Å². The molecule has 5 nitrogen and oxygen atoms in total. The SMILES string of the molecule is Cc1ccc(C)c(CN2C(=O)C(C)(C)Oc3ccc(C(=O)NC(C)C)cc32)c1. The lowest BCUT2D eigenvalue weighted by molar-refractivity contribution is -0.132. The first-order chi connectivity index (χ1) is 13.1. The molecule has 0 unspecified atom stereocenters. The Hall–Kier alpha value is -2.82. The van der Waals surface area contributed by atoms with Gasteiger partial charge in [0.2, 0.25) is 0 Å². The molecule has 28 heavy (non-hydrogen) atoms. The Bertz CT molecular complexity index is 931. The number of aryl methyl sites for hydroxylation is 2. The van der Waals surface area contributed by atoms with Crippen molar-refractivity contribution in [3.63, 3.8) is 0 Å². The fourth-order valence-corrected chi connectivity index (χ4v) is 3.35. The van der Waals surface area contributed by atoms with Crippen molar-refractivity contribution in [2.75, 3.05) is 4.90 Å². The summed E-state index contributed by atoms with van der Waals surface area (Å²) in [5.41, 5.74) is 3.51. The van der Waals surface area contributed by atoms with Gasteiger partial charge in [-0.05, 0) is 70.9 Å². The second-order valence-electron chi connectivity index (χ2n) is 8.24. The minimum atomic E-state index is -0.966. The van der Waals surface area contributed by atoms with Gasteiger partial charge < -0.3 is 15.0 Å². The lowest BCUT2D eigenvalue weighted by Gasteiger charge is -2.39. The van der Waals surface area contributed by atoms with Crippen LogP contribution < -0.4 is 15.0 Å². The zero-order chi connectivity index (χ0) is 20.6. The van der Waals surface area contributed by atoms with E-state index in [-0.39, 0.29) is 17.9 Å². The van der Waals surface area contributed by atoms with E-state index in [0.717, 1.165) is 16.7 Å². The van der Waals surface area contributed by atoms with E-state index in [1.165, 1.54) is 0 Å². The highest BCUT2D eigenvalue weighted by atomic mass is 16.5. The third kappa shape index (κ3) is 3.88. The van der Waals surface area contributed by atoms with Crippen LogP contribution in [0.25, 0.3) is 0 Å². The number of nitrogens with zero attached hydrogens (tertiary/aromatic N) is 1. The van der Waals surface area contributed by atoms with Crippen molar-refractivity contribution in [3.05, 3.63) is 58.7 Å². The van der Waals surface area contributed by atoms with Gasteiger partial charge in [-0.15, -0.1) is 0 Å². The Labute approximate surface area is 166 Å². The number of hydrogen-bond acceptors (Lipinski definition) is 3. The monoisotopic (exact) mass is 380 g/mol. The highest BCUT2D eigenvalue weighted by Crippen LogP contribution is 2.39. The molecule has 0 radical (unpaired) electrons. The number of carbonyl (C=O) groups excluding carboxylic acids is 2. The second kappa shape index (κ2) is 7.30. The number of carbonyl (C=O) groups is 2. The summed E-state index contributed by atoms with van der Waals surface area (Å²) >= 11 is 0. The van der Waals surface area contributed by atoms with Crippen molar-refractivity contribution in [1.82, 2.24) is 5.32 Å². The van der Waals surface area contributed by atoms with Crippen molar-refractivity contribution in [2.45, 2.75) is 59.7 Å². The van der Waals surface area contributed by atoms with Gasteiger partial charge in [0, 0.05) is 11.6 Å². The minimum absolute atomic E-state index is 0.0337. The van der Waals surface area contributed by atoms with Gasteiger partial charge in [0.1, 0.15) is 5.75 Å². The molecule has 148 valence electrons. The van der Waals surface area contributed by atoms with E-state index in [1.807, 2.05) is 27.7 Å². The molecule has 0 saturated heterocycles. The third-order valence-corrected chi connectivity index (χ3v) is 4.89. The molecule has 1 heterocycles. The van der Waals surface area contributed by atoms with Crippen LogP contribution in [0.2, 0.25) is 0 Å². The van der Waals surface area contributed by atoms with Gasteiger partial charge in [0.05, 0.1) is 12.2 Å². The number of anilines is 1. The number of fused-ring (bicyclic) bond motifs is 1. The van der Waals surface area contributed by atoms with Crippen molar-refractivity contribution in [3.8, 4) is 5.75 Å². The fraction of sp³-hybridized carbons (Fsp3) is 0.391. The van der Waals surface area contributed by atoms with Gasteiger partial charge in [-0.3, -0.25) is 9.59 Å². The van der Waals surface area contributed by atoms with Crippen LogP contribution >= 0.6 is 0 Å². The summed E-state index contributed by atoms with van der Waals surface area (Å²) in [6.45, 7) is 11.9. The molecule has 0 spiro atoms. The molecule has 0 fully saturated rings. The Balaban J connectivity index is 2.05. The fourth-order valence-electron chi connectivity index (χ4n) is 3.35. The molecule has 2 aromatic carbocycles. The van der Waals surface area contributed by atoms with Gasteiger partial charge in [0.25, 0.3) is 11.8 Å². The molecule has 1 aliphatic rings. The summed E-state index contributed by atoms with van der Waals surface area (Å²) in [5.74, 6) is 0.320. The van der Waals surface area contributed by atoms with E-state index >= 15 is 0 Å². The number of rotatable bonds is 4. The largest absolute Gasteiger partial charge is 0.476 e. The smallest absolute Gasteiger partial charge is 0.271 e. The molecular formula is C23H28N2O3. The van der Waals surface area contributed by atoms with Crippen molar-refractivity contribution >= 4 is 17.5 Å². The predicted octanol–water partition coefficient (Wildman–Crippen LogP) is 4.15. The van der Waals surface area contributed by atoms with E-state index < -0.39 is 5.60 Å². The van der Waals surface area contributed by atoms with Crippen molar-refractivity contribution in [2.24, 2.45) is 0 Å². The first kappa shape index (κ1) is 19.9. The molecule has 0 aliphatic carbocycles. The van der Waals surface area contributed by atoms with Crippen LogP contribution in [0, 0.1) is 13.8 Å². The summed E-state index contributed by atoms with van der Waals surface area (Å²) in [6, 6.07) is 11.5. The Morgan fingerprint density at radius 2 is 1.86 bits per heavy atom. The van der Waals surface area contributed by atoms with E-state index in [2.05, 4.69) is 23.5 Å². The van der Waals surface area contributed by atoms with E-state index in [9.17, 15) is 9.59 Å². The minimum Gasteiger partial charge on any atom is -0.476 e. The van der Waals surface area contributed by atoms with E-state index in [4.69, 9.17) is 4.74 Å². The highest BCUT2D eigenvalue weighted by Gasteiger charge is 2.41. The van der Waals surface area contributed by atoms with Crippen LogP contribution in [-0.4, -0.2) is 23.5 Å². The number of ether oxygens (including phenoxy) is 1. The average molecular weight is 380 g/mol. The maximum atomic E-state index is 13.2. The molecule has 2 aromatic rings. The predicted molar refractivity (Wildman–Crippen MR) is 111 cm³/mol. The number of hydrogen-bond donors (Lipinski definition) is 1. The summed E-state index contributed by atoms with van der Waals surface area (Å²) in [5, 5.41) is 2.89. The molecule has 3 rings (SSSR count). The Morgan fingerprint density at radius 3 is 2.54 bits per heavy atom. The normalized spacial score (nSPS) is 15.2. The first-order valence-electron chi connectivity index (χ1n) is 9.60. The van der Waals surface area contributed by atoms with Crippen LogP contribution in [0.15, 0.2) is 36.4 Å². The average Bonchev–Trinajstić information content (AvgIpc) is 2.60. The molecular weight excluding hydrogens is 352 g/mol. The molecule has 1 aliphatic heterocycles. The Kier molecular flexibility index (Phi) is 5.20. The quantitative estimate of drug-likeness (QED) is 0.867. The standard InChI is InChI=1S/C23H28N2O3/c1-14(2)24-21(26)17-9-10-20-19(12-17)25(22(27)23(5,6)28-20)13-18-11-15(3)7-8-16(18)4/h7-12,14H,13H2,1-6H3,(H,24,26). The van der Waals surface area contributed by atoms with Crippen LogP contribution in [0.5, 0.6) is 5.75 Å². The second-order valence-corrected chi connectivity index (χ2v) is 8.24. The topological polar surface area (TPSA) is 58.6 Å². The van der Waals surface area contributed by atoms with Gasteiger partial charge in [-0.1, -0.05) is 23.8 Å². The maximum Gasteiger partial charge on any atom is 0.271 e. The first-order valence-corrected chi connectivity index (χ1v) is 9.60. The highest BCUT2D eigenvalue weighted by molar-refractivity contribution is 6.04. The summed E-state index contributed by atoms with van der Waals surface area (Å²) in [6.07, 6.45) is 0. The van der Waals surface area contributed by atoms with Crippen LogP contribution in [-0.2, 0) is 11.3 Å². The lowest BCUT2D eigenvalue weighted by Crippen LogP contribution is -2.52. The van der Waals surface area contributed by atoms with Crippen molar-refractivity contribution in [1.29, 1.82) is 0 Å². The van der Waals surface area contributed by atoms with Crippen molar-refractivity contribution < 1.29 is 14.3 Å². The number of benzene rings is 2. The van der Waals surface area contributed by atoms with Gasteiger partial charge >= 0.3 is 0 Å². The van der Waals surface area contributed by atoms with Gasteiger partial charge in [-0.2, -0.15) is 0 Å². The molecule has 5 heteroatoms. The maximum absolute atomic E-state index is 13.2. The van der Waals surface area contributed by atoms with E-state index in [0.29, 0.717) is 23.5 Å². The third-order valence-electron chi connectivity index (χ3n) is 4.89. The number of nitrogens with one attached hydrogen (secondary N) is 1.